The van der Waals surface area contributed by atoms with Gasteiger partial charge in [0.25, 0.3) is 0 Å². The Morgan fingerprint density at radius 1 is 1.28 bits per heavy atom. The van der Waals surface area contributed by atoms with Crippen molar-refractivity contribution in [1.82, 2.24) is 9.97 Å². The molecule has 2 rings (SSSR count). The maximum absolute atomic E-state index is 6.16. The van der Waals surface area contributed by atoms with E-state index >= 15 is 0 Å². The van der Waals surface area contributed by atoms with E-state index in [0.717, 1.165) is 20.2 Å². The number of nitrogens with two attached hydrogens (primary N) is 2. The van der Waals surface area contributed by atoms with E-state index < -0.39 is 0 Å². The number of nitrogens with zero attached hydrogens (tertiary/aromatic N) is 2. The summed E-state index contributed by atoms with van der Waals surface area (Å²) in [5.74, 6) is 0. The first-order chi connectivity index (χ1) is 8.58. The lowest BCUT2D eigenvalue weighted by atomic mass is 10.0. The van der Waals surface area contributed by atoms with Gasteiger partial charge in [0, 0.05) is 33.2 Å². The average molecular weight is 372 g/mol. The summed E-state index contributed by atoms with van der Waals surface area (Å²) in [6.07, 6.45) is 5.74. The molecule has 2 heterocycles. The molecule has 0 spiro atoms. The third-order valence-corrected chi connectivity index (χ3v) is 3.64. The summed E-state index contributed by atoms with van der Waals surface area (Å²) in [5.41, 5.74) is 14.5. The minimum Gasteiger partial charge on any atom is -0.398 e. The van der Waals surface area contributed by atoms with Crippen LogP contribution in [-0.4, -0.2) is 9.97 Å². The van der Waals surface area contributed by atoms with Gasteiger partial charge < -0.3 is 11.5 Å². The summed E-state index contributed by atoms with van der Waals surface area (Å²) in [6.45, 7) is 0. The summed E-state index contributed by atoms with van der Waals surface area (Å²) < 4.78 is 1.79. The van der Waals surface area contributed by atoms with Crippen molar-refractivity contribution in [2.45, 2.75) is 12.5 Å². The van der Waals surface area contributed by atoms with E-state index in [0.29, 0.717) is 12.1 Å². The zero-order valence-corrected chi connectivity index (χ0v) is 12.6. The van der Waals surface area contributed by atoms with Crippen LogP contribution < -0.4 is 11.5 Å². The Bertz CT molecular complexity index is 560. The first-order valence-corrected chi connectivity index (χ1v) is 6.91. The van der Waals surface area contributed by atoms with E-state index in [4.69, 9.17) is 11.5 Å². The van der Waals surface area contributed by atoms with Gasteiger partial charge in [-0.05, 0) is 56.0 Å². The normalized spacial score (nSPS) is 12.4. The fourth-order valence-electron chi connectivity index (χ4n) is 1.64. The van der Waals surface area contributed by atoms with Crippen molar-refractivity contribution in [3.63, 3.8) is 0 Å². The Balaban J connectivity index is 2.22. The van der Waals surface area contributed by atoms with Gasteiger partial charge in [-0.1, -0.05) is 0 Å². The van der Waals surface area contributed by atoms with Crippen LogP contribution in [0.3, 0.4) is 0 Å². The zero-order valence-electron chi connectivity index (χ0n) is 9.48. The quantitative estimate of drug-likeness (QED) is 0.869. The number of nitrogen functional groups attached to an aromatic ring is 1. The molecule has 4 nitrogen and oxygen atoms in total. The molecule has 6 heteroatoms. The van der Waals surface area contributed by atoms with E-state index in [1.54, 1.807) is 24.7 Å². The van der Waals surface area contributed by atoms with Crippen molar-refractivity contribution in [3.05, 3.63) is 50.9 Å². The molecule has 0 aliphatic heterocycles. The zero-order chi connectivity index (χ0) is 13.1. The van der Waals surface area contributed by atoms with Crippen molar-refractivity contribution < 1.29 is 0 Å². The Morgan fingerprint density at radius 2 is 2.06 bits per heavy atom. The van der Waals surface area contributed by atoms with Crippen molar-refractivity contribution >= 4 is 37.5 Å². The first kappa shape index (κ1) is 13.5. The Morgan fingerprint density at radius 3 is 2.72 bits per heavy atom. The van der Waals surface area contributed by atoms with Crippen molar-refractivity contribution in [1.29, 1.82) is 0 Å². The lowest BCUT2D eigenvalue weighted by Crippen LogP contribution is -2.16. The number of aromatic nitrogens is 2. The monoisotopic (exact) mass is 370 g/mol. The number of pyridine rings is 2. The largest absolute Gasteiger partial charge is 0.398 e. The fraction of sp³-hybridized carbons (Fsp3) is 0.167. The highest BCUT2D eigenvalue weighted by Gasteiger charge is 2.14. The van der Waals surface area contributed by atoms with Crippen LogP contribution in [0.5, 0.6) is 0 Å². The van der Waals surface area contributed by atoms with Gasteiger partial charge in [-0.15, -0.1) is 0 Å². The molecule has 0 saturated carbocycles. The summed E-state index contributed by atoms with van der Waals surface area (Å²) in [6, 6.07) is 3.47. The lowest BCUT2D eigenvalue weighted by Gasteiger charge is -2.14. The van der Waals surface area contributed by atoms with Crippen LogP contribution in [-0.2, 0) is 6.42 Å². The highest BCUT2D eigenvalue weighted by atomic mass is 79.9. The minimum absolute atomic E-state index is 0.223. The molecule has 2 aromatic rings. The maximum atomic E-state index is 6.16. The van der Waals surface area contributed by atoms with Gasteiger partial charge in [-0.25, -0.2) is 0 Å². The lowest BCUT2D eigenvalue weighted by molar-refractivity contribution is 0.691. The van der Waals surface area contributed by atoms with Gasteiger partial charge in [0.2, 0.25) is 0 Å². The molecule has 0 aromatic carbocycles. The average Bonchev–Trinajstić information content (AvgIpc) is 2.32. The van der Waals surface area contributed by atoms with Crippen LogP contribution in [0.15, 0.2) is 39.7 Å². The van der Waals surface area contributed by atoms with Gasteiger partial charge in [-0.2, -0.15) is 0 Å². The molecule has 2 aromatic heterocycles. The summed E-state index contributed by atoms with van der Waals surface area (Å²) in [4.78, 5) is 8.38. The molecule has 4 N–H and O–H groups in total. The standard InChI is InChI=1S/C12H12Br2N4/c13-8-4-9(14)12(18-6-8)11(16)3-7-5-17-2-1-10(7)15/h1-2,4-6,11H,3,16H2,(H2,15,17). The molecule has 94 valence electrons. The van der Waals surface area contributed by atoms with Crippen LogP contribution in [0.25, 0.3) is 0 Å². The Hall–Kier alpha value is -0.980. The van der Waals surface area contributed by atoms with Gasteiger partial charge in [-0.3, -0.25) is 9.97 Å². The number of hydrogen-bond acceptors (Lipinski definition) is 4. The first-order valence-electron chi connectivity index (χ1n) is 5.33. The van der Waals surface area contributed by atoms with Crippen LogP contribution in [0.1, 0.15) is 17.3 Å². The summed E-state index contributed by atoms with van der Waals surface area (Å²) in [5, 5.41) is 0. The molecule has 0 bridgehead atoms. The summed E-state index contributed by atoms with van der Waals surface area (Å²) in [7, 11) is 0. The second kappa shape index (κ2) is 5.77. The van der Waals surface area contributed by atoms with Crippen molar-refractivity contribution in [2.75, 3.05) is 5.73 Å². The number of hydrogen-bond donors (Lipinski definition) is 2. The van der Waals surface area contributed by atoms with Gasteiger partial charge >= 0.3 is 0 Å². The molecule has 18 heavy (non-hydrogen) atoms. The van der Waals surface area contributed by atoms with Gasteiger partial charge in [0.1, 0.15) is 0 Å². The van der Waals surface area contributed by atoms with E-state index in [9.17, 15) is 0 Å². The predicted octanol–water partition coefficient (Wildman–Crippen LogP) is 2.83. The van der Waals surface area contributed by atoms with Crippen molar-refractivity contribution in [2.24, 2.45) is 5.73 Å². The third kappa shape index (κ3) is 3.07. The maximum Gasteiger partial charge on any atom is 0.0716 e. The predicted molar refractivity (Wildman–Crippen MR) is 78.9 cm³/mol. The smallest absolute Gasteiger partial charge is 0.0716 e. The van der Waals surface area contributed by atoms with Crippen LogP contribution in [0.4, 0.5) is 5.69 Å². The van der Waals surface area contributed by atoms with Crippen molar-refractivity contribution in [3.8, 4) is 0 Å². The Labute approximate surface area is 122 Å². The SMILES string of the molecule is Nc1ccncc1CC(N)c1ncc(Br)cc1Br. The number of rotatable bonds is 3. The number of halogens is 2. The Kier molecular flexibility index (Phi) is 4.31. The molecule has 0 saturated heterocycles. The molecule has 0 aliphatic rings. The molecule has 1 atom stereocenters. The second-order valence-corrected chi connectivity index (χ2v) is 5.68. The molecule has 1 unspecified atom stereocenters. The topological polar surface area (TPSA) is 77.8 Å². The van der Waals surface area contributed by atoms with Crippen LogP contribution in [0, 0.1) is 0 Å². The van der Waals surface area contributed by atoms with E-state index in [-0.39, 0.29) is 6.04 Å². The van der Waals surface area contributed by atoms with E-state index in [1.807, 2.05) is 6.07 Å². The summed E-state index contributed by atoms with van der Waals surface area (Å²) >= 11 is 6.82. The van der Waals surface area contributed by atoms with Gasteiger partial charge in [0.05, 0.1) is 11.7 Å². The molecule has 0 fully saturated rings. The van der Waals surface area contributed by atoms with Crippen LogP contribution in [0.2, 0.25) is 0 Å². The minimum atomic E-state index is -0.223. The highest BCUT2D eigenvalue weighted by molar-refractivity contribution is 9.11. The van der Waals surface area contributed by atoms with Gasteiger partial charge in [0.15, 0.2) is 0 Å². The van der Waals surface area contributed by atoms with E-state index in [1.165, 1.54) is 0 Å². The molecule has 0 radical (unpaired) electrons. The van der Waals surface area contributed by atoms with E-state index in [2.05, 4.69) is 41.8 Å². The molecule has 0 aliphatic carbocycles. The number of anilines is 1. The fourth-order valence-corrected chi connectivity index (χ4v) is 2.92. The highest BCUT2D eigenvalue weighted by Crippen LogP contribution is 2.26. The third-order valence-electron chi connectivity index (χ3n) is 2.57. The van der Waals surface area contributed by atoms with Crippen LogP contribution >= 0.6 is 31.9 Å². The molecular formula is C12H12Br2N4. The molecule has 0 amide bonds. The second-order valence-electron chi connectivity index (χ2n) is 3.91. The molecular weight excluding hydrogens is 360 g/mol.